The van der Waals surface area contributed by atoms with Gasteiger partial charge in [0, 0.05) is 6.54 Å². The van der Waals surface area contributed by atoms with E-state index in [4.69, 9.17) is 9.52 Å². The smallest absolute Gasteiger partial charge is 0.339 e. The Morgan fingerprint density at radius 1 is 1.50 bits per heavy atom. The van der Waals surface area contributed by atoms with Gasteiger partial charge in [0.15, 0.2) is 0 Å². The number of rotatable bonds is 5. The predicted octanol–water partition coefficient (Wildman–Crippen LogP) is 2.96. The zero-order chi connectivity index (χ0) is 13.2. The number of hydrogen-bond donors (Lipinski definition) is 2. The molecule has 18 heavy (non-hydrogen) atoms. The molecule has 100 valence electrons. The molecule has 0 saturated heterocycles. The Balaban J connectivity index is 1.87. The standard InChI is InChI=1S/C14H21NO3/c1-10-12(13(16)17)7-11(18-10)8-15-9-14(2)5-3-4-6-14/h7,15H,3-6,8-9H2,1-2H3,(H,16,17). The molecule has 4 heteroatoms. The van der Waals surface area contributed by atoms with Gasteiger partial charge in [-0.05, 0) is 31.2 Å². The predicted molar refractivity (Wildman–Crippen MR) is 68.7 cm³/mol. The van der Waals surface area contributed by atoms with Crippen molar-refractivity contribution in [3.63, 3.8) is 0 Å². The van der Waals surface area contributed by atoms with Crippen LogP contribution < -0.4 is 5.32 Å². The number of nitrogens with one attached hydrogen (secondary N) is 1. The third-order valence-electron chi connectivity index (χ3n) is 3.86. The summed E-state index contributed by atoms with van der Waals surface area (Å²) < 4.78 is 5.43. The van der Waals surface area contributed by atoms with Crippen molar-refractivity contribution in [2.24, 2.45) is 5.41 Å². The van der Waals surface area contributed by atoms with E-state index in [2.05, 4.69) is 12.2 Å². The molecule has 1 heterocycles. The van der Waals surface area contributed by atoms with Crippen molar-refractivity contribution in [1.29, 1.82) is 0 Å². The van der Waals surface area contributed by atoms with Gasteiger partial charge in [-0.25, -0.2) is 4.79 Å². The molecule has 2 rings (SSSR count). The largest absolute Gasteiger partial charge is 0.478 e. The van der Waals surface area contributed by atoms with Crippen molar-refractivity contribution in [2.75, 3.05) is 6.54 Å². The Labute approximate surface area is 107 Å². The van der Waals surface area contributed by atoms with Gasteiger partial charge in [-0.15, -0.1) is 0 Å². The van der Waals surface area contributed by atoms with Crippen LogP contribution in [0.25, 0.3) is 0 Å². The van der Waals surface area contributed by atoms with Crippen molar-refractivity contribution in [3.8, 4) is 0 Å². The van der Waals surface area contributed by atoms with E-state index in [-0.39, 0.29) is 5.56 Å². The zero-order valence-corrected chi connectivity index (χ0v) is 11.1. The Morgan fingerprint density at radius 3 is 2.72 bits per heavy atom. The van der Waals surface area contributed by atoms with Gasteiger partial charge in [-0.2, -0.15) is 0 Å². The highest BCUT2D eigenvalue weighted by molar-refractivity contribution is 5.88. The molecule has 1 aromatic heterocycles. The molecule has 0 unspecified atom stereocenters. The summed E-state index contributed by atoms with van der Waals surface area (Å²) in [5.74, 6) is 0.253. The lowest BCUT2D eigenvalue weighted by Crippen LogP contribution is -2.28. The van der Waals surface area contributed by atoms with Crippen LogP contribution in [-0.4, -0.2) is 17.6 Å². The van der Waals surface area contributed by atoms with E-state index in [9.17, 15) is 4.79 Å². The first kappa shape index (κ1) is 13.1. The van der Waals surface area contributed by atoms with Crippen molar-refractivity contribution in [2.45, 2.75) is 46.1 Å². The van der Waals surface area contributed by atoms with Crippen molar-refractivity contribution in [3.05, 3.63) is 23.2 Å². The Hall–Kier alpha value is -1.29. The normalized spacial score (nSPS) is 18.1. The summed E-state index contributed by atoms with van der Waals surface area (Å²) in [5.41, 5.74) is 0.663. The van der Waals surface area contributed by atoms with Crippen molar-refractivity contribution >= 4 is 5.97 Å². The van der Waals surface area contributed by atoms with E-state index in [0.717, 1.165) is 6.54 Å². The van der Waals surface area contributed by atoms with Gasteiger partial charge < -0.3 is 14.8 Å². The molecule has 0 aromatic carbocycles. The first-order valence-electron chi connectivity index (χ1n) is 6.53. The van der Waals surface area contributed by atoms with Gasteiger partial charge in [0.25, 0.3) is 0 Å². The van der Waals surface area contributed by atoms with E-state index in [1.54, 1.807) is 13.0 Å². The fourth-order valence-corrected chi connectivity index (χ4v) is 2.74. The van der Waals surface area contributed by atoms with Gasteiger partial charge in [-0.1, -0.05) is 19.8 Å². The average Bonchev–Trinajstić information content (AvgIpc) is 2.86. The van der Waals surface area contributed by atoms with Crippen LogP contribution in [0.1, 0.15) is 54.5 Å². The monoisotopic (exact) mass is 251 g/mol. The Kier molecular flexibility index (Phi) is 3.76. The third-order valence-corrected chi connectivity index (χ3v) is 3.86. The quantitative estimate of drug-likeness (QED) is 0.844. The number of carbonyl (C=O) groups is 1. The van der Waals surface area contributed by atoms with Crippen LogP contribution in [0.3, 0.4) is 0 Å². The highest BCUT2D eigenvalue weighted by Crippen LogP contribution is 2.36. The van der Waals surface area contributed by atoms with E-state index >= 15 is 0 Å². The topological polar surface area (TPSA) is 62.5 Å². The second-order valence-electron chi connectivity index (χ2n) is 5.61. The molecule has 1 fully saturated rings. The summed E-state index contributed by atoms with van der Waals surface area (Å²) in [4.78, 5) is 10.9. The number of furan rings is 1. The minimum absolute atomic E-state index is 0.263. The molecular weight excluding hydrogens is 230 g/mol. The molecule has 1 aliphatic carbocycles. The SMILES string of the molecule is Cc1oc(CNCC2(C)CCCC2)cc1C(=O)O. The molecule has 0 atom stereocenters. The summed E-state index contributed by atoms with van der Waals surface area (Å²) in [6.45, 7) is 5.56. The molecule has 0 spiro atoms. The summed E-state index contributed by atoms with van der Waals surface area (Å²) in [6.07, 6.45) is 5.19. The van der Waals surface area contributed by atoms with Gasteiger partial charge in [-0.3, -0.25) is 0 Å². The van der Waals surface area contributed by atoms with E-state index in [1.165, 1.54) is 25.7 Å². The number of hydrogen-bond acceptors (Lipinski definition) is 3. The Bertz CT molecular complexity index is 430. The van der Waals surface area contributed by atoms with Crippen molar-refractivity contribution < 1.29 is 14.3 Å². The summed E-state index contributed by atoms with van der Waals surface area (Å²) in [6, 6.07) is 1.61. The Morgan fingerprint density at radius 2 is 2.17 bits per heavy atom. The maximum atomic E-state index is 10.9. The fourth-order valence-electron chi connectivity index (χ4n) is 2.74. The molecule has 1 aromatic rings. The summed E-state index contributed by atoms with van der Waals surface area (Å²) >= 11 is 0. The van der Waals surface area contributed by atoms with Crippen LogP contribution in [0.15, 0.2) is 10.5 Å². The van der Waals surface area contributed by atoms with Gasteiger partial charge >= 0.3 is 5.97 Å². The molecule has 4 nitrogen and oxygen atoms in total. The maximum absolute atomic E-state index is 10.9. The average molecular weight is 251 g/mol. The number of carboxylic acids is 1. The number of carboxylic acid groups (broad SMARTS) is 1. The molecular formula is C14H21NO3. The van der Waals surface area contributed by atoms with Crippen LogP contribution in [0, 0.1) is 12.3 Å². The number of aromatic carboxylic acids is 1. The lowest BCUT2D eigenvalue weighted by Gasteiger charge is -2.23. The van der Waals surface area contributed by atoms with Crippen LogP contribution in [0.4, 0.5) is 0 Å². The first-order valence-corrected chi connectivity index (χ1v) is 6.53. The molecule has 1 saturated carbocycles. The first-order chi connectivity index (χ1) is 8.50. The molecule has 0 radical (unpaired) electrons. The third kappa shape index (κ3) is 2.93. The molecule has 1 aliphatic rings. The number of aryl methyl sites for hydroxylation is 1. The summed E-state index contributed by atoms with van der Waals surface area (Å²) in [7, 11) is 0. The molecule has 0 bridgehead atoms. The van der Waals surface area contributed by atoms with Gasteiger partial charge in [0.05, 0.1) is 6.54 Å². The second kappa shape index (κ2) is 5.14. The minimum Gasteiger partial charge on any atom is -0.478 e. The van der Waals surface area contributed by atoms with Gasteiger partial charge in [0.1, 0.15) is 17.1 Å². The van der Waals surface area contributed by atoms with E-state index in [1.807, 2.05) is 0 Å². The molecule has 0 aliphatic heterocycles. The highest BCUT2D eigenvalue weighted by atomic mass is 16.4. The minimum atomic E-state index is -0.926. The second-order valence-corrected chi connectivity index (χ2v) is 5.61. The lowest BCUT2D eigenvalue weighted by atomic mass is 9.89. The van der Waals surface area contributed by atoms with Crippen LogP contribution >= 0.6 is 0 Å². The van der Waals surface area contributed by atoms with E-state index in [0.29, 0.717) is 23.5 Å². The van der Waals surface area contributed by atoms with Crippen LogP contribution in [0.5, 0.6) is 0 Å². The van der Waals surface area contributed by atoms with Crippen LogP contribution in [0.2, 0.25) is 0 Å². The van der Waals surface area contributed by atoms with Crippen molar-refractivity contribution in [1.82, 2.24) is 5.32 Å². The van der Waals surface area contributed by atoms with Gasteiger partial charge in [0.2, 0.25) is 0 Å². The zero-order valence-electron chi connectivity index (χ0n) is 11.1. The summed E-state index contributed by atoms with van der Waals surface area (Å²) in [5, 5.41) is 12.3. The van der Waals surface area contributed by atoms with Crippen LogP contribution in [-0.2, 0) is 6.54 Å². The highest BCUT2D eigenvalue weighted by Gasteiger charge is 2.28. The molecule has 2 N–H and O–H groups in total. The fraction of sp³-hybridized carbons (Fsp3) is 0.643. The molecule has 0 amide bonds. The lowest BCUT2D eigenvalue weighted by molar-refractivity contribution is 0.0695. The maximum Gasteiger partial charge on any atom is 0.339 e. The van der Waals surface area contributed by atoms with E-state index < -0.39 is 5.97 Å².